The maximum atomic E-state index is 13.4. The molecule has 0 radical (unpaired) electrons. The van der Waals surface area contributed by atoms with Gasteiger partial charge in [0.25, 0.3) is 0 Å². The van der Waals surface area contributed by atoms with E-state index < -0.39 is 11.5 Å². The normalized spacial score (nSPS) is 45.0. The highest BCUT2D eigenvalue weighted by Crippen LogP contribution is 2.59. The van der Waals surface area contributed by atoms with Gasteiger partial charge in [-0.3, -0.25) is 9.59 Å². The molecule has 194 valence electrons. The number of carbonyl (C=O) groups excluding carboxylic acids is 2. The van der Waals surface area contributed by atoms with E-state index in [4.69, 9.17) is 10.5 Å². The first-order valence-corrected chi connectivity index (χ1v) is 14.4. The van der Waals surface area contributed by atoms with Gasteiger partial charge in [0.2, 0.25) is 0 Å². The SMILES string of the molecule is C=C[C@]1(C)CC(C)C2CCC(C)[C@@](C)(C(OC(=O)CSC3CCC(N)CC3O)C1)C2C(=O)CC. The second-order valence-electron chi connectivity index (χ2n) is 12.0. The van der Waals surface area contributed by atoms with E-state index >= 15 is 0 Å². The number of aliphatic hydroxyl groups is 1. The quantitative estimate of drug-likeness (QED) is 0.377. The summed E-state index contributed by atoms with van der Waals surface area (Å²) >= 11 is 1.49. The van der Waals surface area contributed by atoms with E-state index in [-0.39, 0.29) is 46.4 Å². The Morgan fingerprint density at radius 2 is 1.88 bits per heavy atom. The Bertz CT molecular complexity index is 759. The third kappa shape index (κ3) is 5.59. The van der Waals surface area contributed by atoms with Gasteiger partial charge in [0.1, 0.15) is 11.9 Å². The molecular formula is C28H47NO4S. The molecule has 2 bridgehead atoms. The largest absolute Gasteiger partial charge is 0.461 e. The summed E-state index contributed by atoms with van der Waals surface area (Å²) in [6.07, 6.45) is 7.79. The number of hydrogen-bond donors (Lipinski definition) is 2. The van der Waals surface area contributed by atoms with E-state index in [2.05, 4.69) is 34.3 Å². The van der Waals surface area contributed by atoms with Crippen molar-refractivity contribution in [3.8, 4) is 0 Å². The standard InChI is InChI=1S/C28H47NO4S/c1-7-21(30)26-20-11-9-18(4)28(26,6)24(15-27(5,8-2)14-17(20)3)33-25(32)16-34-23-12-10-19(29)13-22(23)31/h8,17-20,22-24,26,31H,2,7,9-16,29H2,1,3-6H3/t17?,18?,19?,20?,22?,23?,24?,26?,27-,28+/m1/s1. The molecule has 3 rings (SSSR count). The third-order valence-electron chi connectivity index (χ3n) is 9.63. The molecule has 0 aromatic rings. The molecule has 3 N–H and O–H groups in total. The van der Waals surface area contributed by atoms with Crippen LogP contribution in [-0.4, -0.2) is 46.1 Å². The van der Waals surface area contributed by atoms with Gasteiger partial charge >= 0.3 is 5.97 Å². The van der Waals surface area contributed by atoms with Crippen LogP contribution in [0.2, 0.25) is 0 Å². The smallest absolute Gasteiger partial charge is 0.316 e. The van der Waals surface area contributed by atoms with Gasteiger partial charge in [-0.2, -0.15) is 0 Å². The first-order valence-electron chi connectivity index (χ1n) is 13.4. The number of nitrogens with two attached hydrogens (primary N) is 1. The lowest BCUT2D eigenvalue weighted by molar-refractivity contribution is -0.181. The lowest BCUT2D eigenvalue weighted by atomic mass is 9.48. The van der Waals surface area contributed by atoms with Crippen LogP contribution in [0.3, 0.4) is 0 Å². The van der Waals surface area contributed by atoms with Crippen LogP contribution in [0.15, 0.2) is 12.7 Å². The second-order valence-corrected chi connectivity index (χ2v) is 13.2. The molecule has 0 aromatic heterocycles. The van der Waals surface area contributed by atoms with Gasteiger partial charge in [0.15, 0.2) is 0 Å². The molecule has 8 unspecified atom stereocenters. The zero-order chi connectivity index (χ0) is 25.3. The fraction of sp³-hybridized carbons (Fsp3) is 0.857. The summed E-state index contributed by atoms with van der Waals surface area (Å²) in [6.45, 7) is 15.1. The Morgan fingerprint density at radius 3 is 2.50 bits per heavy atom. The number of fused-ring (bicyclic) bond motifs is 2. The molecule has 3 saturated carbocycles. The zero-order valence-electron chi connectivity index (χ0n) is 21.9. The van der Waals surface area contributed by atoms with Crippen LogP contribution in [-0.2, 0) is 14.3 Å². The van der Waals surface area contributed by atoms with Crippen molar-refractivity contribution in [1.82, 2.24) is 0 Å². The molecule has 3 aliphatic carbocycles. The molecule has 10 atom stereocenters. The molecule has 34 heavy (non-hydrogen) atoms. The third-order valence-corrected chi connectivity index (χ3v) is 11.0. The van der Waals surface area contributed by atoms with Crippen molar-refractivity contribution in [3.05, 3.63) is 12.7 Å². The number of rotatable bonds is 7. The molecule has 0 heterocycles. The van der Waals surface area contributed by atoms with Crippen molar-refractivity contribution < 1.29 is 19.4 Å². The zero-order valence-corrected chi connectivity index (χ0v) is 22.7. The Balaban J connectivity index is 1.85. The Labute approximate surface area is 211 Å². The predicted molar refractivity (Wildman–Crippen MR) is 139 cm³/mol. The average Bonchev–Trinajstić information content (AvgIpc) is 2.78. The number of ketones is 1. The van der Waals surface area contributed by atoms with E-state index in [1.54, 1.807) is 0 Å². The van der Waals surface area contributed by atoms with Crippen molar-refractivity contribution in [2.45, 2.75) is 109 Å². The van der Waals surface area contributed by atoms with E-state index in [1.807, 2.05) is 13.0 Å². The van der Waals surface area contributed by atoms with Crippen molar-refractivity contribution >= 4 is 23.5 Å². The first-order chi connectivity index (χ1) is 15.9. The number of thioether (sulfide) groups is 1. The van der Waals surface area contributed by atoms with Crippen molar-refractivity contribution in [1.29, 1.82) is 0 Å². The Hall–Kier alpha value is -0.850. The Kier molecular flexibility index (Phi) is 9.01. The molecule has 3 fully saturated rings. The summed E-state index contributed by atoms with van der Waals surface area (Å²) < 4.78 is 6.32. The molecule has 0 aliphatic heterocycles. The minimum absolute atomic E-state index is 0.0203. The fourth-order valence-electron chi connectivity index (χ4n) is 7.29. The summed E-state index contributed by atoms with van der Waals surface area (Å²) in [5, 5.41) is 10.4. The van der Waals surface area contributed by atoms with Gasteiger partial charge in [0.05, 0.1) is 11.9 Å². The van der Waals surface area contributed by atoms with E-state index in [0.717, 1.165) is 32.1 Å². The highest BCUT2D eigenvalue weighted by Gasteiger charge is 2.58. The number of esters is 1. The summed E-state index contributed by atoms with van der Waals surface area (Å²) in [6, 6.07) is 0.0430. The topological polar surface area (TPSA) is 89.6 Å². The van der Waals surface area contributed by atoms with Gasteiger partial charge in [-0.15, -0.1) is 18.3 Å². The predicted octanol–water partition coefficient (Wildman–Crippen LogP) is 5.14. The van der Waals surface area contributed by atoms with Gasteiger partial charge in [-0.05, 0) is 68.1 Å². The monoisotopic (exact) mass is 493 g/mol. The summed E-state index contributed by atoms with van der Waals surface area (Å²) in [7, 11) is 0. The highest BCUT2D eigenvalue weighted by atomic mass is 32.2. The molecule has 5 nitrogen and oxygen atoms in total. The van der Waals surface area contributed by atoms with Crippen molar-refractivity contribution in [2.75, 3.05) is 5.75 Å². The average molecular weight is 494 g/mol. The van der Waals surface area contributed by atoms with Crippen LogP contribution >= 0.6 is 11.8 Å². The second kappa shape index (κ2) is 11.0. The number of allylic oxidation sites excluding steroid dienone is 1. The summed E-state index contributed by atoms with van der Waals surface area (Å²) in [5.74, 6) is 1.22. The van der Waals surface area contributed by atoms with E-state index in [9.17, 15) is 14.7 Å². The molecule has 6 heteroatoms. The molecule has 3 aliphatic rings. The fourth-order valence-corrected chi connectivity index (χ4v) is 8.34. The van der Waals surface area contributed by atoms with Crippen LogP contribution in [0.4, 0.5) is 0 Å². The van der Waals surface area contributed by atoms with E-state index in [0.29, 0.717) is 36.9 Å². The molecule has 0 amide bonds. The van der Waals surface area contributed by atoms with Crippen LogP contribution in [0.25, 0.3) is 0 Å². The van der Waals surface area contributed by atoms with Crippen LogP contribution in [0.1, 0.15) is 86.0 Å². The van der Waals surface area contributed by atoms with Gasteiger partial charge in [0, 0.05) is 29.0 Å². The van der Waals surface area contributed by atoms with Crippen LogP contribution < -0.4 is 5.73 Å². The lowest BCUT2D eigenvalue weighted by Crippen LogP contribution is -2.58. The maximum absolute atomic E-state index is 13.4. The molecule has 0 spiro atoms. The van der Waals surface area contributed by atoms with Gasteiger partial charge in [-0.25, -0.2) is 0 Å². The highest BCUT2D eigenvalue weighted by molar-refractivity contribution is 8.00. The number of hydrogen-bond acceptors (Lipinski definition) is 6. The van der Waals surface area contributed by atoms with E-state index in [1.165, 1.54) is 11.8 Å². The van der Waals surface area contributed by atoms with Crippen LogP contribution in [0, 0.1) is 34.5 Å². The van der Waals surface area contributed by atoms with Crippen molar-refractivity contribution in [2.24, 2.45) is 40.2 Å². The molecular weight excluding hydrogens is 446 g/mol. The number of Topliss-reactive ketones (excluding diaryl/α,β-unsaturated/α-hetero) is 1. The van der Waals surface area contributed by atoms with Gasteiger partial charge in [-0.1, -0.05) is 40.7 Å². The minimum atomic E-state index is -0.475. The molecule has 0 saturated heterocycles. The minimum Gasteiger partial charge on any atom is -0.461 e. The Morgan fingerprint density at radius 1 is 1.18 bits per heavy atom. The summed E-state index contributed by atoms with van der Waals surface area (Å²) in [4.78, 5) is 26.6. The van der Waals surface area contributed by atoms with Crippen molar-refractivity contribution in [3.63, 3.8) is 0 Å². The number of aliphatic hydroxyl groups excluding tert-OH is 1. The molecule has 0 aromatic carbocycles. The number of carbonyl (C=O) groups is 2. The van der Waals surface area contributed by atoms with Gasteiger partial charge < -0.3 is 15.6 Å². The lowest BCUT2D eigenvalue weighted by Gasteiger charge is -2.57. The number of ether oxygens (including phenoxy) is 1. The first kappa shape index (κ1) is 27.7. The van der Waals surface area contributed by atoms with Crippen LogP contribution in [0.5, 0.6) is 0 Å². The summed E-state index contributed by atoms with van der Waals surface area (Å²) in [5.41, 5.74) is 5.42. The maximum Gasteiger partial charge on any atom is 0.316 e.